The lowest BCUT2D eigenvalue weighted by molar-refractivity contribution is -0.133. The highest BCUT2D eigenvalue weighted by Crippen LogP contribution is 2.26. The monoisotopic (exact) mass is 203 g/mol. The van der Waals surface area contributed by atoms with E-state index in [1.54, 1.807) is 0 Å². The predicted octanol–water partition coefficient (Wildman–Crippen LogP) is 1.65. The summed E-state index contributed by atoms with van der Waals surface area (Å²) in [6.07, 6.45) is 1.83. The Morgan fingerprint density at radius 2 is 2.13 bits per heavy atom. The molecule has 0 saturated heterocycles. The fourth-order valence-electron chi connectivity index (χ4n) is 1.80. The average molecular weight is 203 g/mol. The zero-order valence-corrected chi connectivity index (χ0v) is 8.86. The van der Waals surface area contributed by atoms with Gasteiger partial charge in [-0.05, 0) is 11.1 Å². The Morgan fingerprint density at radius 1 is 1.40 bits per heavy atom. The number of ether oxygens (including phenoxy) is 1. The maximum Gasteiger partial charge on any atom is 0.339 e. The molecule has 0 radical (unpaired) electrons. The second-order valence-corrected chi connectivity index (χ2v) is 3.61. The Labute approximate surface area is 89.0 Å². The van der Waals surface area contributed by atoms with Crippen molar-refractivity contribution in [1.82, 2.24) is 4.90 Å². The number of esters is 1. The van der Waals surface area contributed by atoms with Crippen molar-refractivity contribution >= 4 is 11.5 Å². The zero-order valence-electron chi connectivity index (χ0n) is 8.86. The molecule has 0 aromatic heterocycles. The molecule has 0 unspecified atom stereocenters. The van der Waals surface area contributed by atoms with E-state index in [9.17, 15) is 4.79 Å². The largest absolute Gasteiger partial charge is 0.465 e. The summed E-state index contributed by atoms with van der Waals surface area (Å²) in [5.41, 5.74) is 2.76. The maximum absolute atomic E-state index is 11.6. The highest BCUT2D eigenvalue weighted by molar-refractivity contribution is 6.17. The molecule has 0 fully saturated rings. The first-order valence-electron chi connectivity index (χ1n) is 4.81. The summed E-state index contributed by atoms with van der Waals surface area (Å²) >= 11 is 0. The third-order valence-corrected chi connectivity index (χ3v) is 2.48. The minimum Gasteiger partial charge on any atom is -0.465 e. The fourth-order valence-corrected chi connectivity index (χ4v) is 1.80. The zero-order chi connectivity index (χ0) is 10.8. The summed E-state index contributed by atoms with van der Waals surface area (Å²) in [5, 5.41) is 0. The van der Waals surface area contributed by atoms with Crippen molar-refractivity contribution in [2.75, 3.05) is 14.2 Å². The van der Waals surface area contributed by atoms with E-state index in [4.69, 9.17) is 4.74 Å². The van der Waals surface area contributed by atoms with Crippen molar-refractivity contribution < 1.29 is 9.53 Å². The van der Waals surface area contributed by atoms with E-state index in [-0.39, 0.29) is 5.97 Å². The number of methoxy groups -OCH3 is 1. The van der Waals surface area contributed by atoms with Gasteiger partial charge in [0, 0.05) is 19.8 Å². The van der Waals surface area contributed by atoms with Crippen molar-refractivity contribution in [2.45, 2.75) is 6.54 Å². The Bertz CT molecular complexity index is 423. The van der Waals surface area contributed by atoms with Crippen LogP contribution in [0.4, 0.5) is 0 Å². The molecule has 3 heteroatoms. The number of rotatable bonds is 1. The summed E-state index contributed by atoms with van der Waals surface area (Å²) in [5.74, 6) is -0.283. The van der Waals surface area contributed by atoms with Crippen LogP contribution in [0.5, 0.6) is 0 Å². The van der Waals surface area contributed by atoms with Crippen LogP contribution >= 0.6 is 0 Å². The van der Waals surface area contributed by atoms with Crippen molar-refractivity contribution in [2.24, 2.45) is 0 Å². The lowest BCUT2D eigenvalue weighted by Gasteiger charge is -2.24. The Balaban J connectivity index is 2.49. The normalized spacial score (nSPS) is 14.3. The first kappa shape index (κ1) is 9.77. The third-order valence-electron chi connectivity index (χ3n) is 2.48. The molecule has 0 N–H and O–H groups in total. The molecule has 0 amide bonds. The minimum atomic E-state index is -0.283. The summed E-state index contributed by atoms with van der Waals surface area (Å²) < 4.78 is 4.76. The first-order valence-corrected chi connectivity index (χ1v) is 4.81. The highest BCUT2D eigenvalue weighted by Gasteiger charge is 2.20. The van der Waals surface area contributed by atoms with Crippen molar-refractivity contribution in [1.29, 1.82) is 0 Å². The molecule has 0 saturated carbocycles. The molecule has 15 heavy (non-hydrogen) atoms. The number of nitrogens with zero attached hydrogens (tertiary/aromatic N) is 1. The van der Waals surface area contributed by atoms with Crippen molar-refractivity contribution in [3.05, 3.63) is 41.6 Å². The number of carbonyl (C=O) groups is 1. The van der Waals surface area contributed by atoms with Gasteiger partial charge in [-0.1, -0.05) is 24.3 Å². The summed E-state index contributed by atoms with van der Waals surface area (Å²) in [7, 11) is 3.35. The number of hydrogen-bond donors (Lipinski definition) is 0. The molecule has 2 rings (SSSR count). The predicted molar refractivity (Wildman–Crippen MR) is 57.9 cm³/mol. The molecule has 0 bridgehead atoms. The summed E-state index contributed by atoms with van der Waals surface area (Å²) in [6.45, 7) is 0.830. The number of benzene rings is 1. The smallest absolute Gasteiger partial charge is 0.339 e. The average Bonchev–Trinajstić information content (AvgIpc) is 2.26. The van der Waals surface area contributed by atoms with E-state index in [1.807, 2.05) is 42.4 Å². The molecule has 3 nitrogen and oxygen atoms in total. The summed E-state index contributed by atoms with van der Waals surface area (Å²) in [4.78, 5) is 13.5. The van der Waals surface area contributed by atoms with Crippen LogP contribution in [0.1, 0.15) is 11.1 Å². The third kappa shape index (κ3) is 1.73. The molecular formula is C12H13NO2. The Kier molecular flexibility index (Phi) is 2.46. The van der Waals surface area contributed by atoms with Gasteiger partial charge in [-0.2, -0.15) is 0 Å². The molecule has 1 aliphatic heterocycles. The quantitative estimate of drug-likeness (QED) is 0.650. The van der Waals surface area contributed by atoms with E-state index in [2.05, 4.69) is 0 Å². The lowest BCUT2D eigenvalue weighted by Crippen LogP contribution is -2.20. The molecule has 1 aliphatic rings. The van der Waals surface area contributed by atoms with E-state index in [0.29, 0.717) is 5.57 Å². The van der Waals surface area contributed by atoms with Gasteiger partial charge in [-0.15, -0.1) is 0 Å². The Morgan fingerprint density at radius 3 is 2.87 bits per heavy atom. The van der Waals surface area contributed by atoms with Gasteiger partial charge in [0.25, 0.3) is 0 Å². The number of fused-ring (bicyclic) bond motifs is 1. The van der Waals surface area contributed by atoms with E-state index < -0.39 is 0 Å². The van der Waals surface area contributed by atoms with E-state index >= 15 is 0 Å². The van der Waals surface area contributed by atoms with Crippen LogP contribution in [0.15, 0.2) is 30.5 Å². The molecule has 1 aromatic carbocycles. The van der Waals surface area contributed by atoms with Gasteiger partial charge in [-0.25, -0.2) is 4.79 Å². The van der Waals surface area contributed by atoms with Crippen molar-refractivity contribution in [3.63, 3.8) is 0 Å². The van der Waals surface area contributed by atoms with Gasteiger partial charge in [0.2, 0.25) is 0 Å². The Hall–Kier alpha value is -1.77. The van der Waals surface area contributed by atoms with E-state index in [1.165, 1.54) is 7.11 Å². The molecule has 0 atom stereocenters. The van der Waals surface area contributed by atoms with Crippen LogP contribution in [-0.4, -0.2) is 25.0 Å². The van der Waals surface area contributed by atoms with Gasteiger partial charge < -0.3 is 9.64 Å². The fraction of sp³-hybridized carbons (Fsp3) is 0.250. The molecule has 0 spiro atoms. The maximum atomic E-state index is 11.6. The minimum absolute atomic E-state index is 0.283. The number of hydrogen-bond acceptors (Lipinski definition) is 3. The highest BCUT2D eigenvalue weighted by atomic mass is 16.5. The van der Waals surface area contributed by atoms with Crippen LogP contribution < -0.4 is 0 Å². The van der Waals surface area contributed by atoms with E-state index in [0.717, 1.165) is 17.7 Å². The SMILES string of the molecule is COC(=O)C1=CN(C)Cc2ccccc21. The van der Waals surface area contributed by atoms with Crippen LogP contribution in [-0.2, 0) is 16.1 Å². The lowest BCUT2D eigenvalue weighted by atomic mass is 9.97. The van der Waals surface area contributed by atoms with Crippen molar-refractivity contribution in [3.8, 4) is 0 Å². The van der Waals surface area contributed by atoms with Gasteiger partial charge >= 0.3 is 5.97 Å². The standard InChI is InChI=1S/C12H13NO2/c1-13-7-9-5-3-4-6-10(9)11(8-13)12(14)15-2/h3-6,8H,7H2,1-2H3. The molecule has 1 aromatic rings. The summed E-state index contributed by atoms with van der Waals surface area (Å²) in [6, 6.07) is 7.89. The molecule has 78 valence electrons. The van der Waals surface area contributed by atoms with Gasteiger partial charge in [0.05, 0.1) is 12.7 Å². The first-order chi connectivity index (χ1) is 7.22. The van der Waals surface area contributed by atoms with Crippen LogP contribution in [0.2, 0.25) is 0 Å². The van der Waals surface area contributed by atoms with Crippen LogP contribution in [0.3, 0.4) is 0 Å². The topological polar surface area (TPSA) is 29.5 Å². The van der Waals surface area contributed by atoms with Crippen LogP contribution in [0, 0.1) is 0 Å². The van der Waals surface area contributed by atoms with Crippen LogP contribution in [0.25, 0.3) is 5.57 Å². The van der Waals surface area contributed by atoms with Gasteiger partial charge in [0.1, 0.15) is 0 Å². The molecular weight excluding hydrogens is 190 g/mol. The second-order valence-electron chi connectivity index (χ2n) is 3.61. The van der Waals surface area contributed by atoms with Gasteiger partial charge in [0.15, 0.2) is 0 Å². The number of carbonyl (C=O) groups excluding carboxylic acids is 1. The second kappa shape index (κ2) is 3.77. The molecule has 0 aliphatic carbocycles. The van der Waals surface area contributed by atoms with Gasteiger partial charge in [-0.3, -0.25) is 0 Å². The molecule has 1 heterocycles.